The van der Waals surface area contributed by atoms with Crippen molar-refractivity contribution < 1.29 is 9.50 Å². The molecular formula is C18H24FNO. The third kappa shape index (κ3) is 4.84. The van der Waals surface area contributed by atoms with Crippen LogP contribution in [-0.2, 0) is 6.54 Å². The molecule has 1 aliphatic heterocycles. The smallest absolute Gasteiger partial charge is 0.124 e. The van der Waals surface area contributed by atoms with Crippen molar-refractivity contribution in [2.45, 2.75) is 33.2 Å². The Bertz CT molecular complexity index is 532. The molecule has 0 spiro atoms. The van der Waals surface area contributed by atoms with E-state index in [0.717, 1.165) is 31.1 Å². The van der Waals surface area contributed by atoms with E-state index in [-0.39, 0.29) is 12.4 Å². The Balaban J connectivity index is 2.05. The van der Waals surface area contributed by atoms with E-state index in [1.165, 1.54) is 12.5 Å². The van der Waals surface area contributed by atoms with Gasteiger partial charge in [0.25, 0.3) is 0 Å². The zero-order valence-electron chi connectivity index (χ0n) is 12.9. The summed E-state index contributed by atoms with van der Waals surface area (Å²) in [6.07, 6.45) is 1.63. The standard InChI is InChI=1S/C18H24FNO/c1-14-6-7-20(12-15(14)2)13-17-9-16(5-3-4-8-21)10-18(19)11-17/h9-11,14-15,21H,4,6-8,12-13H2,1-2H3. The summed E-state index contributed by atoms with van der Waals surface area (Å²) < 4.78 is 13.7. The minimum Gasteiger partial charge on any atom is -0.395 e. The van der Waals surface area contributed by atoms with Gasteiger partial charge in [-0.1, -0.05) is 25.7 Å². The highest BCUT2D eigenvalue weighted by Crippen LogP contribution is 2.24. The average molecular weight is 289 g/mol. The number of halogens is 1. The quantitative estimate of drug-likeness (QED) is 0.865. The zero-order valence-corrected chi connectivity index (χ0v) is 12.9. The molecule has 0 aliphatic carbocycles. The molecule has 0 amide bonds. The number of aliphatic hydroxyl groups is 1. The lowest BCUT2D eigenvalue weighted by atomic mass is 9.88. The van der Waals surface area contributed by atoms with E-state index >= 15 is 0 Å². The second kappa shape index (κ2) is 7.59. The molecule has 21 heavy (non-hydrogen) atoms. The van der Waals surface area contributed by atoms with Crippen LogP contribution in [0.1, 0.15) is 37.8 Å². The Kier molecular flexibility index (Phi) is 5.78. The zero-order chi connectivity index (χ0) is 15.2. The molecule has 114 valence electrons. The molecule has 1 saturated heterocycles. The number of likely N-dealkylation sites (tertiary alicyclic amines) is 1. The van der Waals surface area contributed by atoms with Gasteiger partial charge in [0.15, 0.2) is 0 Å². The Morgan fingerprint density at radius 2 is 2.10 bits per heavy atom. The summed E-state index contributed by atoms with van der Waals surface area (Å²) in [6.45, 7) is 7.56. The summed E-state index contributed by atoms with van der Waals surface area (Å²) in [7, 11) is 0. The van der Waals surface area contributed by atoms with E-state index in [9.17, 15) is 4.39 Å². The van der Waals surface area contributed by atoms with Crippen LogP contribution in [0.25, 0.3) is 0 Å². The summed E-state index contributed by atoms with van der Waals surface area (Å²) in [6, 6.07) is 5.00. The van der Waals surface area contributed by atoms with Gasteiger partial charge < -0.3 is 5.11 Å². The molecular weight excluding hydrogens is 265 g/mol. The van der Waals surface area contributed by atoms with Gasteiger partial charge in [-0.2, -0.15) is 0 Å². The largest absolute Gasteiger partial charge is 0.395 e. The first-order chi connectivity index (χ1) is 10.1. The topological polar surface area (TPSA) is 23.5 Å². The molecule has 3 heteroatoms. The van der Waals surface area contributed by atoms with Crippen molar-refractivity contribution in [3.05, 3.63) is 35.1 Å². The fourth-order valence-corrected chi connectivity index (χ4v) is 2.79. The van der Waals surface area contributed by atoms with E-state index in [0.29, 0.717) is 17.9 Å². The van der Waals surface area contributed by atoms with Crippen LogP contribution in [0.2, 0.25) is 0 Å². The third-order valence-electron chi connectivity index (χ3n) is 4.25. The molecule has 0 aromatic heterocycles. The Labute approximate surface area is 127 Å². The SMILES string of the molecule is CC1CCN(Cc2cc(F)cc(C#CCCO)c2)CC1C. The van der Waals surface area contributed by atoms with Gasteiger partial charge in [0.05, 0.1) is 6.61 Å². The highest BCUT2D eigenvalue weighted by atomic mass is 19.1. The van der Waals surface area contributed by atoms with Crippen molar-refractivity contribution in [1.82, 2.24) is 4.90 Å². The average Bonchev–Trinajstić information content (AvgIpc) is 2.43. The molecule has 1 aromatic rings. The maximum absolute atomic E-state index is 13.7. The molecule has 1 fully saturated rings. The third-order valence-corrected chi connectivity index (χ3v) is 4.25. The lowest BCUT2D eigenvalue weighted by Crippen LogP contribution is -2.37. The molecule has 2 atom stereocenters. The first kappa shape index (κ1) is 16.0. The van der Waals surface area contributed by atoms with Gasteiger partial charge in [-0.25, -0.2) is 4.39 Å². The van der Waals surface area contributed by atoms with Crippen molar-refractivity contribution >= 4 is 0 Å². The van der Waals surface area contributed by atoms with E-state index in [2.05, 4.69) is 30.6 Å². The van der Waals surface area contributed by atoms with Crippen LogP contribution in [0.15, 0.2) is 18.2 Å². The minimum atomic E-state index is -0.237. The molecule has 2 unspecified atom stereocenters. The van der Waals surface area contributed by atoms with Crippen molar-refractivity contribution in [2.24, 2.45) is 11.8 Å². The van der Waals surface area contributed by atoms with Gasteiger partial charge in [-0.3, -0.25) is 4.90 Å². The van der Waals surface area contributed by atoms with Crippen molar-refractivity contribution in [1.29, 1.82) is 0 Å². The lowest BCUT2D eigenvalue weighted by Gasteiger charge is -2.35. The van der Waals surface area contributed by atoms with E-state index in [1.54, 1.807) is 6.07 Å². The summed E-state index contributed by atoms with van der Waals surface area (Å²) >= 11 is 0. The van der Waals surface area contributed by atoms with Crippen LogP contribution in [-0.4, -0.2) is 29.7 Å². The highest BCUT2D eigenvalue weighted by molar-refractivity contribution is 5.37. The maximum Gasteiger partial charge on any atom is 0.124 e. The van der Waals surface area contributed by atoms with Gasteiger partial charge in [0.2, 0.25) is 0 Å². The number of hydrogen-bond acceptors (Lipinski definition) is 2. The van der Waals surface area contributed by atoms with Crippen LogP contribution in [0, 0.1) is 29.5 Å². The van der Waals surface area contributed by atoms with Crippen LogP contribution in [0.5, 0.6) is 0 Å². The molecule has 0 bridgehead atoms. The normalized spacial score (nSPS) is 22.7. The number of nitrogens with zero attached hydrogens (tertiary/aromatic N) is 1. The van der Waals surface area contributed by atoms with Crippen LogP contribution in [0.4, 0.5) is 4.39 Å². The van der Waals surface area contributed by atoms with E-state index < -0.39 is 0 Å². The molecule has 1 N–H and O–H groups in total. The van der Waals surface area contributed by atoms with Gasteiger partial charge in [-0.05, 0) is 48.6 Å². The second-order valence-corrected chi connectivity index (χ2v) is 6.10. The first-order valence-electron chi connectivity index (χ1n) is 7.70. The van der Waals surface area contributed by atoms with Gasteiger partial charge in [0.1, 0.15) is 5.82 Å². The fourth-order valence-electron chi connectivity index (χ4n) is 2.79. The first-order valence-corrected chi connectivity index (χ1v) is 7.70. The number of rotatable bonds is 3. The molecule has 2 rings (SSSR count). The highest BCUT2D eigenvalue weighted by Gasteiger charge is 2.22. The van der Waals surface area contributed by atoms with Gasteiger partial charge in [0, 0.05) is 25.1 Å². The predicted octanol–water partition coefficient (Wildman–Crippen LogP) is 3.04. The molecule has 1 aromatic carbocycles. The van der Waals surface area contributed by atoms with Crippen molar-refractivity contribution in [3.63, 3.8) is 0 Å². The monoisotopic (exact) mass is 289 g/mol. The molecule has 2 nitrogen and oxygen atoms in total. The predicted molar refractivity (Wildman–Crippen MR) is 83.2 cm³/mol. The van der Waals surface area contributed by atoms with E-state index in [4.69, 9.17) is 5.11 Å². The lowest BCUT2D eigenvalue weighted by molar-refractivity contribution is 0.132. The summed E-state index contributed by atoms with van der Waals surface area (Å²) in [4.78, 5) is 2.39. The number of piperidine rings is 1. The van der Waals surface area contributed by atoms with Crippen molar-refractivity contribution in [3.8, 4) is 11.8 Å². The van der Waals surface area contributed by atoms with Crippen LogP contribution >= 0.6 is 0 Å². The maximum atomic E-state index is 13.7. The molecule has 1 heterocycles. The van der Waals surface area contributed by atoms with Crippen LogP contribution in [0.3, 0.4) is 0 Å². The van der Waals surface area contributed by atoms with E-state index in [1.807, 2.05) is 6.07 Å². The molecule has 1 aliphatic rings. The summed E-state index contributed by atoms with van der Waals surface area (Å²) in [5.74, 6) is 6.98. The van der Waals surface area contributed by atoms with Gasteiger partial charge in [-0.15, -0.1) is 0 Å². The Morgan fingerprint density at radius 1 is 1.29 bits per heavy atom. The Hall–Kier alpha value is -1.37. The summed E-state index contributed by atoms with van der Waals surface area (Å²) in [5.41, 5.74) is 1.67. The molecule has 0 saturated carbocycles. The second-order valence-electron chi connectivity index (χ2n) is 6.10. The minimum absolute atomic E-state index is 0.0407. The fraction of sp³-hybridized carbons (Fsp3) is 0.556. The molecule has 0 radical (unpaired) electrons. The number of hydrogen-bond donors (Lipinski definition) is 1. The number of benzene rings is 1. The van der Waals surface area contributed by atoms with Crippen LogP contribution < -0.4 is 0 Å². The Morgan fingerprint density at radius 3 is 2.81 bits per heavy atom. The van der Waals surface area contributed by atoms with Gasteiger partial charge >= 0.3 is 0 Å². The summed E-state index contributed by atoms with van der Waals surface area (Å²) in [5, 5.41) is 8.73. The van der Waals surface area contributed by atoms with Crippen molar-refractivity contribution in [2.75, 3.05) is 19.7 Å². The number of aliphatic hydroxyl groups excluding tert-OH is 1.